The fourth-order valence-corrected chi connectivity index (χ4v) is 10.7. The third-order valence-electron chi connectivity index (χ3n) is 16.4. The summed E-state index contributed by atoms with van der Waals surface area (Å²) in [7, 11) is 0. The predicted molar refractivity (Wildman–Crippen MR) is 359 cm³/mol. The standard InChI is InChI=1S/C76H138O8/c1-5-9-13-17-21-25-29-33-37-41-45-49-53-57-61-65-73(77)81-69-71(83-75(79)67-63-59-55-51-47-43-39-35-31-27-23-19-15-11-7-3)72(84-76(80)68-64-60-56-52-48-44-40-36-32-28-24-20-16-12-8-4)70-82-74(78)66-62-58-54-50-46-42-38-34-30-26-22-18-14-10-6-2/h33-40,71-72H,5-32,41-70H2,1-4H3/t71-,72+. The third kappa shape index (κ3) is 63.3. The van der Waals surface area contributed by atoms with Crippen molar-refractivity contribution in [3.05, 3.63) is 48.6 Å². The molecule has 0 aliphatic rings. The van der Waals surface area contributed by atoms with E-state index in [0.717, 1.165) is 141 Å². The minimum absolute atomic E-state index is 0.211. The van der Waals surface area contributed by atoms with Crippen molar-refractivity contribution in [3.8, 4) is 0 Å². The molecule has 8 heteroatoms. The van der Waals surface area contributed by atoms with Gasteiger partial charge in [0.2, 0.25) is 0 Å². The number of carbonyl (C=O) groups is 4. The third-order valence-corrected chi connectivity index (χ3v) is 16.4. The van der Waals surface area contributed by atoms with E-state index in [-0.39, 0.29) is 50.8 Å². The highest BCUT2D eigenvalue weighted by molar-refractivity contribution is 5.72. The quantitative estimate of drug-likeness (QED) is 0.0257. The molecule has 490 valence electrons. The molecule has 84 heavy (non-hydrogen) atoms. The van der Waals surface area contributed by atoms with Gasteiger partial charge < -0.3 is 18.9 Å². The van der Waals surface area contributed by atoms with Gasteiger partial charge in [-0.3, -0.25) is 19.2 Å². The molecule has 0 rings (SSSR count). The maximum absolute atomic E-state index is 13.6. The van der Waals surface area contributed by atoms with Crippen molar-refractivity contribution in [2.45, 2.75) is 399 Å². The lowest BCUT2D eigenvalue weighted by molar-refractivity contribution is -0.183. The molecule has 0 fully saturated rings. The van der Waals surface area contributed by atoms with Gasteiger partial charge in [0.1, 0.15) is 13.2 Å². The van der Waals surface area contributed by atoms with Gasteiger partial charge in [-0.15, -0.1) is 0 Å². The van der Waals surface area contributed by atoms with Crippen LogP contribution in [0.3, 0.4) is 0 Å². The van der Waals surface area contributed by atoms with E-state index in [2.05, 4.69) is 76.3 Å². The van der Waals surface area contributed by atoms with Crippen LogP contribution in [0.4, 0.5) is 0 Å². The Morgan fingerprint density at radius 1 is 0.226 bits per heavy atom. The van der Waals surface area contributed by atoms with Crippen LogP contribution >= 0.6 is 0 Å². The summed E-state index contributed by atoms with van der Waals surface area (Å²) >= 11 is 0. The molecular weight excluding hydrogens is 1040 g/mol. The number of allylic oxidation sites excluding steroid dienone is 8. The van der Waals surface area contributed by atoms with E-state index in [1.165, 1.54) is 180 Å². The number of rotatable bonds is 67. The molecule has 0 aliphatic heterocycles. The Hall–Kier alpha value is -3.16. The number of hydrogen-bond acceptors (Lipinski definition) is 8. The molecule has 0 heterocycles. The number of carbonyl (C=O) groups excluding carboxylic acids is 4. The molecule has 0 aromatic carbocycles. The SMILES string of the molecule is CCCCCCCCC=CCCCCCCCC(=O)OC[C@H](OC(=O)CCCCCCCC=CCCCCCCCC)[C@@H](COC(=O)CCCCCCCC=CCCCCCCCC)OC(=O)CCCCCCCC=CCCCCCCCC. The summed E-state index contributed by atoms with van der Waals surface area (Å²) in [6.07, 6.45) is 78.1. The topological polar surface area (TPSA) is 105 Å². The van der Waals surface area contributed by atoms with Crippen LogP contribution in [0.15, 0.2) is 48.6 Å². The van der Waals surface area contributed by atoms with Crippen molar-refractivity contribution < 1.29 is 38.1 Å². The highest BCUT2D eigenvalue weighted by atomic mass is 16.6. The Morgan fingerprint density at radius 2 is 0.393 bits per heavy atom. The molecule has 0 aromatic heterocycles. The molecule has 0 radical (unpaired) electrons. The Bertz CT molecular complexity index is 1420. The van der Waals surface area contributed by atoms with Crippen molar-refractivity contribution in [1.82, 2.24) is 0 Å². The summed E-state index contributed by atoms with van der Waals surface area (Å²) in [4.78, 5) is 53.5. The second-order valence-electron chi connectivity index (χ2n) is 24.8. The summed E-state index contributed by atoms with van der Waals surface area (Å²) in [5.41, 5.74) is 0. The minimum atomic E-state index is -1.09. The predicted octanol–water partition coefficient (Wildman–Crippen LogP) is 24.0. The fraction of sp³-hybridized carbons (Fsp3) is 0.842. The van der Waals surface area contributed by atoms with Crippen LogP contribution in [-0.2, 0) is 38.1 Å². The average molecular weight is 1180 g/mol. The molecule has 0 N–H and O–H groups in total. The molecular formula is C76H138O8. The molecule has 0 aromatic rings. The first kappa shape index (κ1) is 80.8. The summed E-state index contributed by atoms with van der Waals surface area (Å²) in [6, 6.07) is 0. The van der Waals surface area contributed by atoms with Crippen molar-refractivity contribution in [3.63, 3.8) is 0 Å². The van der Waals surface area contributed by atoms with E-state index in [1.807, 2.05) is 0 Å². The Morgan fingerprint density at radius 3 is 0.595 bits per heavy atom. The van der Waals surface area contributed by atoms with Gasteiger partial charge in [-0.05, 0) is 128 Å². The Labute approximate surface area is 520 Å². The highest BCUT2D eigenvalue weighted by Crippen LogP contribution is 2.19. The van der Waals surface area contributed by atoms with Crippen LogP contribution in [0, 0.1) is 0 Å². The zero-order valence-electron chi connectivity index (χ0n) is 56.1. The number of hydrogen-bond donors (Lipinski definition) is 0. The smallest absolute Gasteiger partial charge is 0.306 e. The van der Waals surface area contributed by atoms with Gasteiger partial charge in [-0.1, -0.05) is 282 Å². The first-order valence-corrected chi connectivity index (χ1v) is 36.7. The molecule has 0 amide bonds. The maximum atomic E-state index is 13.6. The van der Waals surface area contributed by atoms with Gasteiger partial charge in [0.05, 0.1) is 0 Å². The van der Waals surface area contributed by atoms with Crippen LogP contribution in [0.25, 0.3) is 0 Å². The van der Waals surface area contributed by atoms with Crippen LogP contribution in [0.2, 0.25) is 0 Å². The van der Waals surface area contributed by atoms with Crippen LogP contribution < -0.4 is 0 Å². The molecule has 0 bridgehead atoms. The van der Waals surface area contributed by atoms with Crippen molar-refractivity contribution in [2.24, 2.45) is 0 Å². The van der Waals surface area contributed by atoms with Gasteiger partial charge in [-0.25, -0.2) is 0 Å². The zero-order chi connectivity index (χ0) is 61.0. The van der Waals surface area contributed by atoms with E-state index < -0.39 is 24.1 Å². The number of ether oxygens (including phenoxy) is 4. The van der Waals surface area contributed by atoms with E-state index in [4.69, 9.17) is 18.9 Å². The van der Waals surface area contributed by atoms with E-state index >= 15 is 0 Å². The maximum Gasteiger partial charge on any atom is 0.306 e. The van der Waals surface area contributed by atoms with Crippen molar-refractivity contribution >= 4 is 23.9 Å². The minimum Gasteiger partial charge on any atom is -0.462 e. The second kappa shape index (κ2) is 68.9. The molecule has 0 spiro atoms. The molecule has 0 saturated heterocycles. The average Bonchev–Trinajstić information content (AvgIpc) is 3.49. The monoisotopic (exact) mass is 1180 g/mol. The van der Waals surface area contributed by atoms with Crippen molar-refractivity contribution in [2.75, 3.05) is 13.2 Å². The van der Waals surface area contributed by atoms with Gasteiger partial charge in [0.25, 0.3) is 0 Å². The lowest BCUT2D eigenvalue weighted by Crippen LogP contribution is -2.42. The second-order valence-corrected chi connectivity index (χ2v) is 24.8. The van der Waals surface area contributed by atoms with Crippen LogP contribution in [-0.4, -0.2) is 49.3 Å². The summed E-state index contributed by atoms with van der Waals surface area (Å²) in [5, 5.41) is 0. The van der Waals surface area contributed by atoms with Gasteiger partial charge in [-0.2, -0.15) is 0 Å². The molecule has 8 nitrogen and oxygen atoms in total. The van der Waals surface area contributed by atoms with Crippen LogP contribution in [0.1, 0.15) is 387 Å². The summed E-state index contributed by atoms with van der Waals surface area (Å²) in [5.74, 6) is -1.59. The zero-order valence-corrected chi connectivity index (χ0v) is 56.1. The Balaban J connectivity index is 5.47. The molecule has 0 unspecified atom stereocenters. The summed E-state index contributed by atoms with van der Waals surface area (Å²) in [6.45, 7) is 8.51. The van der Waals surface area contributed by atoms with E-state index in [1.54, 1.807) is 0 Å². The van der Waals surface area contributed by atoms with Crippen LogP contribution in [0.5, 0.6) is 0 Å². The lowest BCUT2D eigenvalue weighted by Gasteiger charge is -2.27. The van der Waals surface area contributed by atoms with Crippen molar-refractivity contribution in [1.29, 1.82) is 0 Å². The molecule has 0 saturated carbocycles. The molecule has 0 aliphatic carbocycles. The number of unbranched alkanes of at least 4 members (excludes halogenated alkanes) is 44. The first-order valence-electron chi connectivity index (χ1n) is 36.7. The van der Waals surface area contributed by atoms with Gasteiger partial charge >= 0.3 is 23.9 Å². The lowest BCUT2D eigenvalue weighted by atomic mass is 10.1. The van der Waals surface area contributed by atoms with Gasteiger partial charge in [0, 0.05) is 25.7 Å². The molecule has 2 atom stereocenters. The highest BCUT2D eigenvalue weighted by Gasteiger charge is 2.32. The number of esters is 4. The van der Waals surface area contributed by atoms with E-state index in [0.29, 0.717) is 12.8 Å². The first-order chi connectivity index (χ1) is 41.4. The normalized spacial score (nSPS) is 12.6. The van der Waals surface area contributed by atoms with Gasteiger partial charge in [0.15, 0.2) is 12.2 Å². The summed E-state index contributed by atoms with van der Waals surface area (Å²) < 4.78 is 23.7. The van der Waals surface area contributed by atoms with E-state index in [9.17, 15) is 19.2 Å². The Kier molecular flexibility index (Phi) is 66.4. The largest absolute Gasteiger partial charge is 0.462 e. The fourth-order valence-electron chi connectivity index (χ4n) is 10.7.